The minimum Gasteiger partial charge on any atom is -0.295 e. The zero-order valence-corrected chi connectivity index (χ0v) is 14.7. The van der Waals surface area contributed by atoms with E-state index in [1.165, 1.54) is 50.5 Å². The zero-order chi connectivity index (χ0) is 15.5. The molecule has 6 atom stereocenters. The second-order valence-corrected chi connectivity index (χ2v) is 9.20. The van der Waals surface area contributed by atoms with Crippen molar-refractivity contribution in [1.29, 1.82) is 0 Å². The summed E-state index contributed by atoms with van der Waals surface area (Å²) in [6, 6.07) is 0. The molecule has 0 aliphatic heterocycles. The van der Waals surface area contributed by atoms with Crippen LogP contribution in [0.1, 0.15) is 78.6 Å². The van der Waals surface area contributed by atoms with Gasteiger partial charge in [0.25, 0.3) is 0 Å². The van der Waals surface area contributed by atoms with Crippen molar-refractivity contribution >= 4 is 5.78 Å². The van der Waals surface area contributed by atoms with Gasteiger partial charge in [0.1, 0.15) is 0 Å². The number of rotatable bonds is 1. The molecule has 3 fully saturated rings. The van der Waals surface area contributed by atoms with Crippen LogP contribution in [0.25, 0.3) is 0 Å². The molecular formula is C21H32O. The fourth-order valence-electron chi connectivity index (χ4n) is 7.34. The standard InChI is InChI=1S/C21H32O/c1-4-14-6-8-18-17-7-5-15-13-16(22)9-11-21(15,3)19(17)10-12-20(14,18)2/h13-14,17-19H,4-12H2,1-3H3/t14-,17?,18?,19?,20+,21?/m0/s1. The number of fused-ring (bicyclic) bond motifs is 5. The van der Waals surface area contributed by atoms with E-state index in [-0.39, 0.29) is 0 Å². The molecule has 0 saturated heterocycles. The Kier molecular flexibility index (Phi) is 3.37. The van der Waals surface area contributed by atoms with Crippen LogP contribution >= 0.6 is 0 Å². The lowest BCUT2D eigenvalue weighted by Crippen LogP contribution is -2.50. The van der Waals surface area contributed by atoms with E-state index in [0.717, 1.165) is 36.5 Å². The van der Waals surface area contributed by atoms with Gasteiger partial charge >= 0.3 is 0 Å². The summed E-state index contributed by atoms with van der Waals surface area (Å²) >= 11 is 0. The summed E-state index contributed by atoms with van der Waals surface area (Å²) < 4.78 is 0. The first kappa shape index (κ1) is 15.0. The van der Waals surface area contributed by atoms with E-state index < -0.39 is 0 Å². The quantitative estimate of drug-likeness (QED) is 0.621. The van der Waals surface area contributed by atoms with Crippen molar-refractivity contribution in [3.63, 3.8) is 0 Å². The molecule has 0 heterocycles. The van der Waals surface area contributed by atoms with Crippen LogP contribution in [0.15, 0.2) is 11.6 Å². The molecule has 1 nitrogen and oxygen atoms in total. The van der Waals surface area contributed by atoms with Gasteiger partial charge in [0.2, 0.25) is 0 Å². The summed E-state index contributed by atoms with van der Waals surface area (Å²) in [5, 5.41) is 0. The van der Waals surface area contributed by atoms with E-state index in [9.17, 15) is 4.79 Å². The molecule has 0 amide bonds. The second-order valence-electron chi connectivity index (χ2n) is 9.20. The average Bonchev–Trinajstić information content (AvgIpc) is 2.84. The van der Waals surface area contributed by atoms with Gasteiger partial charge in [-0.05, 0) is 85.5 Å². The Balaban J connectivity index is 1.67. The second kappa shape index (κ2) is 4.95. The van der Waals surface area contributed by atoms with Crippen molar-refractivity contribution in [3.8, 4) is 0 Å². The van der Waals surface area contributed by atoms with Gasteiger partial charge in [-0.3, -0.25) is 4.79 Å². The van der Waals surface area contributed by atoms with Gasteiger partial charge in [-0.2, -0.15) is 0 Å². The van der Waals surface area contributed by atoms with Crippen molar-refractivity contribution in [2.45, 2.75) is 78.6 Å². The maximum absolute atomic E-state index is 11.9. The fraction of sp³-hybridized carbons (Fsp3) is 0.857. The third-order valence-corrected chi connectivity index (χ3v) is 8.65. The van der Waals surface area contributed by atoms with Gasteiger partial charge in [0.15, 0.2) is 5.78 Å². The monoisotopic (exact) mass is 300 g/mol. The highest BCUT2D eigenvalue weighted by molar-refractivity contribution is 5.91. The summed E-state index contributed by atoms with van der Waals surface area (Å²) in [7, 11) is 0. The topological polar surface area (TPSA) is 17.1 Å². The van der Waals surface area contributed by atoms with Crippen LogP contribution in [0.5, 0.6) is 0 Å². The molecule has 0 bridgehead atoms. The Morgan fingerprint density at radius 2 is 1.86 bits per heavy atom. The van der Waals surface area contributed by atoms with Crippen LogP contribution in [0, 0.1) is 34.5 Å². The molecular weight excluding hydrogens is 268 g/mol. The van der Waals surface area contributed by atoms with E-state index in [4.69, 9.17) is 0 Å². The Morgan fingerprint density at radius 1 is 1.05 bits per heavy atom. The Labute approximate surface area is 135 Å². The Morgan fingerprint density at radius 3 is 2.64 bits per heavy atom. The average molecular weight is 300 g/mol. The maximum atomic E-state index is 11.9. The SMILES string of the molecule is CC[C@H]1CCC2C3CCC4=CC(=O)CCC4(C)C3CC[C@@]21C. The van der Waals surface area contributed by atoms with Gasteiger partial charge in [0, 0.05) is 6.42 Å². The Hall–Kier alpha value is -0.590. The minimum absolute atomic E-state index is 0.350. The van der Waals surface area contributed by atoms with E-state index in [0.29, 0.717) is 16.6 Å². The lowest BCUT2D eigenvalue weighted by molar-refractivity contribution is -0.117. The third kappa shape index (κ3) is 1.86. The molecule has 122 valence electrons. The van der Waals surface area contributed by atoms with Gasteiger partial charge < -0.3 is 0 Å². The molecule has 4 aliphatic carbocycles. The molecule has 0 aromatic carbocycles. The van der Waals surface area contributed by atoms with Crippen LogP contribution < -0.4 is 0 Å². The van der Waals surface area contributed by atoms with Crippen molar-refractivity contribution < 1.29 is 4.79 Å². The summed E-state index contributed by atoms with van der Waals surface area (Å²) in [5.74, 6) is 4.11. The van der Waals surface area contributed by atoms with E-state index in [1.807, 2.05) is 6.08 Å². The third-order valence-electron chi connectivity index (χ3n) is 8.65. The number of allylic oxidation sites excluding steroid dienone is 1. The highest BCUT2D eigenvalue weighted by atomic mass is 16.1. The summed E-state index contributed by atoms with van der Waals surface area (Å²) in [6.07, 6.45) is 13.7. The fourth-order valence-corrected chi connectivity index (χ4v) is 7.34. The van der Waals surface area contributed by atoms with Crippen molar-refractivity contribution in [2.24, 2.45) is 34.5 Å². The Bertz CT molecular complexity index is 518. The van der Waals surface area contributed by atoms with Gasteiger partial charge in [0.05, 0.1) is 0 Å². The number of ketones is 1. The van der Waals surface area contributed by atoms with Crippen LogP contribution in [0.3, 0.4) is 0 Å². The van der Waals surface area contributed by atoms with E-state index in [1.54, 1.807) is 0 Å². The van der Waals surface area contributed by atoms with Gasteiger partial charge in [-0.25, -0.2) is 0 Å². The highest BCUT2D eigenvalue weighted by Crippen LogP contribution is 2.66. The number of carbonyl (C=O) groups is 1. The maximum Gasteiger partial charge on any atom is 0.155 e. The predicted octanol–water partition coefficient (Wildman–Crippen LogP) is 5.54. The van der Waals surface area contributed by atoms with Crippen molar-refractivity contribution in [2.75, 3.05) is 0 Å². The lowest BCUT2D eigenvalue weighted by Gasteiger charge is -2.58. The van der Waals surface area contributed by atoms with Crippen molar-refractivity contribution in [1.82, 2.24) is 0 Å². The molecule has 3 saturated carbocycles. The molecule has 22 heavy (non-hydrogen) atoms. The number of hydrogen-bond donors (Lipinski definition) is 0. The smallest absolute Gasteiger partial charge is 0.155 e. The molecule has 4 rings (SSSR count). The van der Waals surface area contributed by atoms with Crippen molar-refractivity contribution in [3.05, 3.63) is 11.6 Å². The number of hydrogen-bond acceptors (Lipinski definition) is 1. The summed E-state index contributed by atoms with van der Waals surface area (Å²) in [4.78, 5) is 11.9. The largest absolute Gasteiger partial charge is 0.295 e. The molecule has 0 aromatic rings. The number of carbonyl (C=O) groups excluding carboxylic acids is 1. The normalized spacial score (nSPS) is 50.9. The van der Waals surface area contributed by atoms with Crippen LogP contribution in [0.2, 0.25) is 0 Å². The van der Waals surface area contributed by atoms with Crippen LogP contribution in [-0.2, 0) is 4.79 Å². The van der Waals surface area contributed by atoms with Crippen LogP contribution in [-0.4, -0.2) is 5.78 Å². The molecule has 0 N–H and O–H groups in total. The van der Waals surface area contributed by atoms with Gasteiger partial charge in [-0.1, -0.05) is 32.8 Å². The van der Waals surface area contributed by atoms with Gasteiger partial charge in [-0.15, -0.1) is 0 Å². The molecule has 4 aliphatic rings. The summed E-state index contributed by atoms with van der Waals surface area (Å²) in [5.41, 5.74) is 2.49. The molecule has 4 unspecified atom stereocenters. The first-order valence-corrected chi connectivity index (χ1v) is 9.73. The predicted molar refractivity (Wildman–Crippen MR) is 90.5 cm³/mol. The molecule has 0 radical (unpaired) electrons. The van der Waals surface area contributed by atoms with Crippen LogP contribution in [0.4, 0.5) is 0 Å². The van der Waals surface area contributed by atoms with E-state index >= 15 is 0 Å². The highest BCUT2D eigenvalue weighted by Gasteiger charge is 2.58. The molecule has 0 aromatic heterocycles. The first-order chi connectivity index (χ1) is 10.5. The zero-order valence-electron chi connectivity index (χ0n) is 14.7. The molecule has 1 heteroatoms. The lowest BCUT2D eigenvalue weighted by atomic mass is 9.47. The van der Waals surface area contributed by atoms with E-state index in [2.05, 4.69) is 20.8 Å². The summed E-state index contributed by atoms with van der Waals surface area (Å²) in [6.45, 7) is 7.52. The minimum atomic E-state index is 0.350. The first-order valence-electron chi connectivity index (χ1n) is 9.73. The molecule has 0 spiro atoms.